The third-order valence-corrected chi connectivity index (χ3v) is 9.87. The van der Waals surface area contributed by atoms with Crippen LogP contribution >= 0.6 is 0 Å². The van der Waals surface area contributed by atoms with Gasteiger partial charge in [-0.1, -0.05) is 134 Å². The number of fused-ring (bicyclic) bond motifs is 6. The fraction of sp³-hybridized carbons (Fsp3) is 0.0800. The van der Waals surface area contributed by atoms with Crippen LogP contribution in [0.1, 0.15) is 11.1 Å². The summed E-state index contributed by atoms with van der Waals surface area (Å²) in [4.78, 5) is 0. The average molecular weight is 831 g/mol. The molecule has 0 unspecified atom stereocenters. The van der Waals surface area contributed by atoms with Gasteiger partial charge in [-0.25, -0.2) is 0 Å². The van der Waals surface area contributed by atoms with Crippen molar-refractivity contribution in [2.75, 3.05) is 0 Å². The molecule has 0 amide bonds. The van der Waals surface area contributed by atoms with Gasteiger partial charge in [-0.3, -0.25) is 0 Å². The molecule has 0 N–H and O–H groups in total. The van der Waals surface area contributed by atoms with Gasteiger partial charge in [0.1, 0.15) is 0 Å². The van der Waals surface area contributed by atoms with E-state index in [1.54, 1.807) is 23.3 Å². The smallest absolute Gasteiger partial charge is 0.0107 e. The van der Waals surface area contributed by atoms with E-state index in [-0.39, 0.29) is 30.2 Å². The maximum atomic E-state index is 2.31. The first-order valence-electron chi connectivity index (χ1n) is 18.0. The minimum absolute atomic E-state index is 0. The number of aryl methyl sites for hydroxylation is 2. The Balaban J connectivity index is 0.000000162. The molecule has 264 valence electrons. The van der Waals surface area contributed by atoms with Gasteiger partial charge in [0.25, 0.3) is 0 Å². The second kappa shape index (κ2) is 17.0. The zero-order valence-electron chi connectivity index (χ0n) is 30.9. The molecule has 0 aliphatic carbocycles. The number of rotatable bonds is 2. The van der Waals surface area contributed by atoms with Gasteiger partial charge in [0.05, 0.1) is 0 Å². The predicted molar refractivity (Wildman–Crippen MR) is 227 cm³/mol. The molecular formula is C50H40Cl2SiZr-2. The number of halogens is 2. The molecule has 0 aromatic heterocycles. The van der Waals surface area contributed by atoms with Crippen molar-refractivity contribution in [2.45, 2.75) is 26.9 Å². The van der Waals surface area contributed by atoms with Crippen molar-refractivity contribution in [1.82, 2.24) is 0 Å². The van der Waals surface area contributed by atoms with Crippen LogP contribution in [-0.4, -0.2) is 5.43 Å². The van der Waals surface area contributed by atoms with Crippen molar-refractivity contribution in [3.05, 3.63) is 181 Å². The summed E-state index contributed by atoms with van der Waals surface area (Å²) in [5, 5.41) is 15.8. The largest absolute Gasteiger partial charge is 1.00 e. The monoisotopic (exact) mass is 828 g/mol. The van der Waals surface area contributed by atoms with Crippen molar-refractivity contribution < 1.29 is 48.1 Å². The molecule has 0 heterocycles. The van der Waals surface area contributed by atoms with Crippen molar-refractivity contribution in [3.8, 4) is 22.3 Å². The van der Waals surface area contributed by atoms with Crippen LogP contribution in [0.15, 0.2) is 170 Å². The SMILES string of the molecule is C[Si](C)=[Zr+2].Cc1cc2c(-c3c4ccccc4cc4ccccc34)cccc2[cH-]1.Cc1cc2c(-c3c4ccccc4cc4ccccc34)cccc2[cH-]1.[Cl-].[Cl-]. The summed E-state index contributed by atoms with van der Waals surface area (Å²) in [6, 6.07) is 61.9. The average Bonchev–Trinajstić information content (AvgIpc) is 3.74. The molecule has 0 nitrogen and oxygen atoms in total. The number of benzene rings is 8. The molecule has 0 aliphatic heterocycles. The topological polar surface area (TPSA) is 0 Å². The molecule has 0 aliphatic rings. The summed E-state index contributed by atoms with van der Waals surface area (Å²) in [7, 11) is 0. The van der Waals surface area contributed by atoms with Crippen LogP contribution in [0.4, 0.5) is 0 Å². The van der Waals surface area contributed by atoms with Gasteiger partial charge in [-0.05, 0) is 66.3 Å². The second-order valence-electron chi connectivity index (χ2n) is 14.1. The Hall–Kier alpha value is -4.30. The summed E-state index contributed by atoms with van der Waals surface area (Å²) in [6.07, 6.45) is 0. The first kappa shape index (κ1) is 39.4. The first-order valence-corrected chi connectivity index (χ1v) is 24.2. The predicted octanol–water partition coefficient (Wildman–Crippen LogP) is 8.47. The van der Waals surface area contributed by atoms with E-state index in [2.05, 4.69) is 197 Å². The Labute approximate surface area is 345 Å². The molecule has 0 saturated carbocycles. The normalized spacial score (nSPS) is 10.8. The van der Waals surface area contributed by atoms with Gasteiger partial charge in [0, 0.05) is 0 Å². The number of hydrogen-bond acceptors (Lipinski definition) is 0. The fourth-order valence-electron chi connectivity index (χ4n) is 7.81. The van der Waals surface area contributed by atoms with Crippen LogP contribution in [0, 0.1) is 13.8 Å². The first-order chi connectivity index (χ1) is 25.4. The van der Waals surface area contributed by atoms with E-state index >= 15 is 0 Å². The van der Waals surface area contributed by atoms with E-state index in [1.807, 2.05) is 0 Å². The number of hydrogen-bond donors (Lipinski definition) is 0. The minimum atomic E-state index is 0. The molecule has 0 spiro atoms. The Morgan fingerprint density at radius 2 is 0.685 bits per heavy atom. The standard InChI is InChI=1S/2C24H17.C2H6Si.2ClH.Zr/c2*1-16-13-17-9-6-12-22(23(17)14-16)24-20-10-4-2-7-18(20)15-19-8-3-5-11-21(19)24;1-3-2;;;/h2*2-15H,1H3;1-2H3;2*1H;/q2*-1;;;;+2/p-2. The van der Waals surface area contributed by atoms with E-state index in [9.17, 15) is 0 Å². The van der Waals surface area contributed by atoms with Gasteiger partial charge in [0.15, 0.2) is 0 Å². The summed E-state index contributed by atoms with van der Waals surface area (Å²) >= 11 is 1.74. The summed E-state index contributed by atoms with van der Waals surface area (Å²) < 4.78 is 0. The van der Waals surface area contributed by atoms with Gasteiger partial charge in [-0.2, -0.15) is 12.1 Å². The van der Waals surface area contributed by atoms with Crippen LogP contribution in [0.2, 0.25) is 13.1 Å². The zero-order chi connectivity index (χ0) is 35.8. The maximum Gasteiger partial charge on any atom is -0.0107 e. The molecule has 0 atom stereocenters. The molecule has 0 radical (unpaired) electrons. The van der Waals surface area contributed by atoms with Gasteiger partial charge in [0.2, 0.25) is 0 Å². The van der Waals surface area contributed by atoms with E-state index in [0.29, 0.717) is 0 Å². The minimum Gasteiger partial charge on any atom is -1.00 e. The quantitative estimate of drug-likeness (QED) is 0.0933. The van der Waals surface area contributed by atoms with Crippen LogP contribution in [-0.2, 0) is 23.3 Å². The zero-order valence-corrected chi connectivity index (χ0v) is 35.9. The van der Waals surface area contributed by atoms with Gasteiger partial charge in [-0.15, -0.1) is 69.1 Å². The molecule has 0 bridgehead atoms. The molecule has 10 rings (SSSR count). The van der Waals surface area contributed by atoms with Crippen LogP contribution in [0.25, 0.3) is 86.9 Å². The van der Waals surface area contributed by atoms with E-state index in [0.717, 1.165) is 0 Å². The molecule has 0 fully saturated rings. The van der Waals surface area contributed by atoms with Gasteiger partial charge >= 0.3 is 41.9 Å². The summed E-state index contributed by atoms with van der Waals surface area (Å²) in [5.41, 5.74) is 8.20. The Kier molecular flexibility index (Phi) is 12.4. The van der Waals surface area contributed by atoms with Gasteiger partial charge < -0.3 is 24.8 Å². The molecule has 54 heavy (non-hydrogen) atoms. The maximum absolute atomic E-state index is 2.31. The van der Waals surface area contributed by atoms with Crippen LogP contribution < -0.4 is 24.8 Å². The summed E-state index contributed by atoms with van der Waals surface area (Å²) in [6.45, 7) is 8.96. The fourth-order valence-corrected chi connectivity index (χ4v) is 7.81. The van der Waals surface area contributed by atoms with E-state index in [4.69, 9.17) is 0 Å². The molecule has 0 saturated heterocycles. The Bertz CT molecular complexity index is 2620. The molecule has 10 aromatic carbocycles. The van der Waals surface area contributed by atoms with Crippen molar-refractivity contribution in [1.29, 1.82) is 0 Å². The Morgan fingerprint density at radius 3 is 1.00 bits per heavy atom. The molecular weight excluding hydrogens is 791 g/mol. The Morgan fingerprint density at radius 1 is 0.389 bits per heavy atom. The third kappa shape index (κ3) is 7.77. The van der Waals surface area contributed by atoms with Crippen molar-refractivity contribution >= 4 is 70.1 Å². The second-order valence-corrected chi connectivity index (χ2v) is 23.4. The van der Waals surface area contributed by atoms with E-state index in [1.165, 1.54) is 98.0 Å². The van der Waals surface area contributed by atoms with Crippen molar-refractivity contribution in [3.63, 3.8) is 0 Å². The summed E-state index contributed by atoms with van der Waals surface area (Å²) in [5.74, 6) is 0. The third-order valence-electron chi connectivity index (χ3n) is 9.87. The molecule has 10 aromatic rings. The van der Waals surface area contributed by atoms with Crippen LogP contribution in [0.5, 0.6) is 0 Å². The van der Waals surface area contributed by atoms with Crippen molar-refractivity contribution in [2.24, 2.45) is 0 Å². The molecule has 4 heteroatoms. The van der Waals surface area contributed by atoms with Crippen LogP contribution in [0.3, 0.4) is 0 Å². The van der Waals surface area contributed by atoms with E-state index < -0.39 is 0 Å².